The number of aromatic carboxylic acids is 1. The summed E-state index contributed by atoms with van der Waals surface area (Å²) in [5.74, 6) is -1.06. The lowest BCUT2D eigenvalue weighted by Gasteiger charge is -2.09. The molecule has 0 spiro atoms. The SMILES string of the molecule is CCCc1nn(C2CCS(=O)(=O)C2)c(Cl)c1C(=O)O. The fourth-order valence-corrected chi connectivity index (χ4v) is 4.35. The molecular formula is C11H15ClN2O4S. The molecule has 1 aliphatic rings. The van der Waals surface area contributed by atoms with E-state index in [4.69, 9.17) is 11.6 Å². The van der Waals surface area contributed by atoms with Crippen LogP contribution in [0.3, 0.4) is 0 Å². The Bertz CT molecular complexity index is 608. The fraction of sp³-hybridized carbons (Fsp3) is 0.636. The summed E-state index contributed by atoms with van der Waals surface area (Å²) in [6.07, 6.45) is 1.68. The number of rotatable bonds is 4. The quantitative estimate of drug-likeness (QED) is 0.911. The maximum absolute atomic E-state index is 11.5. The lowest BCUT2D eigenvalue weighted by Crippen LogP contribution is -2.13. The van der Waals surface area contributed by atoms with E-state index in [0.717, 1.165) is 6.42 Å². The molecule has 0 bridgehead atoms. The Labute approximate surface area is 116 Å². The van der Waals surface area contributed by atoms with Crippen LogP contribution >= 0.6 is 11.6 Å². The number of carbonyl (C=O) groups is 1. The third kappa shape index (κ3) is 2.76. The molecule has 1 aromatic rings. The van der Waals surface area contributed by atoms with Crippen molar-refractivity contribution >= 4 is 27.4 Å². The van der Waals surface area contributed by atoms with Gasteiger partial charge in [0, 0.05) is 0 Å². The number of hydrogen-bond donors (Lipinski definition) is 1. The van der Waals surface area contributed by atoms with Crippen LogP contribution in [0.25, 0.3) is 0 Å². The molecule has 0 radical (unpaired) electrons. The average Bonchev–Trinajstić information content (AvgIpc) is 2.80. The predicted octanol–water partition coefficient (Wildman–Crippen LogP) is 1.55. The van der Waals surface area contributed by atoms with Crippen molar-refractivity contribution < 1.29 is 18.3 Å². The monoisotopic (exact) mass is 306 g/mol. The summed E-state index contributed by atoms with van der Waals surface area (Å²) in [6.45, 7) is 1.92. The highest BCUT2D eigenvalue weighted by atomic mass is 35.5. The molecule has 19 heavy (non-hydrogen) atoms. The van der Waals surface area contributed by atoms with Crippen molar-refractivity contribution in [1.29, 1.82) is 0 Å². The molecule has 0 saturated carbocycles. The molecule has 2 heterocycles. The van der Waals surface area contributed by atoms with Gasteiger partial charge in [-0.2, -0.15) is 5.10 Å². The Morgan fingerprint density at radius 1 is 1.58 bits per heavy atom. The minimum Gasteiger partial charge on any atom is -0.478 e. The number of hydrogen-bond acceptors (Lipinski definition) is 4. The van der Waals surface area contributed by atoms with Gasteiger partial charge in [-0.25, -0.2) is 17.9 Å². The highest BCUT2D eigenvalue weighted by Gasteiger charge is 2.33. The van der Waals surface area contributed by atoms with Crippen LogP contribution in [0.4, 0.5) is 0 Å². The van der Waals surface area contributed by atoms with E-state index in [2.05, 4.69) is 5.10 Å². The van der Waals surface area contributed by atoms with Crippen LogP contribution in [0.2, 0.25) is 5.15 Å². The van der Waals surface area contributed by atoms with Crippen molar-refractivity contribution in [3.63, 3.8) is 0 Å². The molecular weight excluding hydrogens is 292 g/mol. The molecule has 1 aromatic heterocycles. The van der Waals surface area contributed by atoms with Gasteiger partial charge < -0.3 is 5.11 Å². The van der Waals surface area contributed by atoms with Gasteiger partial charge in [0.15, 0.2) is 9.84 Å². The van der Waals surface area contributed by atoms with Gasteiger partial charge in [0.1, 0.15) is 10.7 Å². The van der Waals surface area contributed by atoms with E-state index in [1.54, 1.807) is 0 Å². The Morgan fingerprint density at radius 3 is 2.74 bits per heavy atom. The molecule has 1 unspecified atom stereocenters. The molecule has 0 amide bonds. The lowest BCUT2D eigenvalue weighted by atomic mass is 10.2. The second-order valence-electron chi connectivity index (χ2n) is 4.67. The second-order valence-corrected chi connectivity index (χ2v) is 7.26. The van der Waals surface area contributed by atoms with Crippen LogP contribution in [0, 0.1) is 0 Å². The van der Waals surface area contributed by atoms with Crippen LogP contribution in [0.1, 0.15) is 41.9 Å². The zero-order valence-electron chi connectivity index (χ0n) is 10.5. The van der Waals surface area contributed by atoms with E-state index in [1.165, 1.54) is 4.68 Å². The number of aromatic nitrogens is 2. The molecule has 1 aliphatic heterocycles. The van der Waals surface area contributed by atoms with Crippen LogP contribution in [-0.4, -0.2) is 40.8 Å². The van der Waals surface area contributed by atoms with Gasteiger partial charge in [0.2, 0.25) is 0 Å². The smallest absolute Gasteiger partial charge is 0.340 e. The molecule has 8 heteroatoms. The first kappa shape index (κ1) is 14.3. The fourth-order valence-electron chi connectivity index (χ4n) is 2.29. The summed E-state index contributed by atoms with van der Waals surface area (Å²) in [4.78, 5) is 11.2. The van der Waals surface area contributed by atoms with Gasteiger partial charge >= 0.3 is 5.97 Å². The lowest BCUT2D eigenvalue weighted by molar-refractivity contribution is 0.0696. The molecule has 1 fully saturated rings. The number of nitrogens with zero attached hydrogens (tertiary/aromatic N) is 2. The summed E-state index contributed by atoms with van der Waals surface area (Å²) >= 11 is 6.06. The largest absolute Gasteiger partial charge is 0.478 e. The number of aryl methyl sites for hydroxylation is 1. The van der Waals surface area contributed by atoms with E-state index in [9.17, 15) is 18.3 Å². The first-order valence-electron chi connectivity index (χ1n) is 6.06. The Kier molecular flexibility index (Phi) is 3.87. The topological polar surface area (TPSA) is 89.3 Å². The average molecular weight is 307 g/mol. The Hall–Kier alpha value is -1.08. The van der Waals surface area contributed by atoms with Gasteiger partial charge in [0.25, 0.3) is 0 Å². The summed E-state index contributed by atoms with van der Waals surface area (Å²) in [7, 11) is -3.06. The molecule has 106 valence electrons. The van der Waals surface area contributed by atoms with E-state index < -0.39 is 15.8 Å². The molecule has 2 rings (SSSR count). The van der Waals surface area contributed by atoms with Crippen LogP contribution < -0.4 is 0 Å². The summed E-state index contributed by atoms with van der Waals surface area (Å²) in [5, 5.41) is 13.4. The van der Waals surface area contributed by atoms with E-state index in [1.807, 2.05) is 6.92 Å². The number of sulfone groups is 1. The van der Waals surface area contributed by atoms with Crippen molar-refractivity contribution in [2.45, 2.75) is 32.2 Å². The minimum absolute atomic E-state index is 0.00665. The van der Waals surface area contributed by atoms with Crippen LogP contribution in [0.15, 0.2) is 0 Å². The molecule has 1 N–H and O–H groups in total. The summed E-state index contributed by atoms with van der Waals surface area (Å²) < 4.78 is 24.3. The van der Waals surface area contributed by atoms with Crippen molar-refractivity contribution in [3.05, 3.63) is 16.4 Å². The van der Waals surface area contributed by atoms with Crippen molar-refractivity contribution in [3.8, 4) is 0 Å². The van der Waals surface area contributed by atoms with Gasteiger partial charge in [-0.1, -0.05) is 24.9 Å². The van der Waals surface area contributed by atoms with Gasteiger partial charge in [-0.05, 0) is 12.8 Å². The Balaban J connectivity index is 2.42. The van der Waals surface area contributed by atoms with Crippen LogP contribution in [0.5, 0.6) is 0 Å². The van der Waals surface area contributed by atoms with Gasteiger partial charge in [0.05, 0.1) is 23.2 Å². The third-order valence-electron chi connectivity index (χ3n) is 3.18. The van der Waals surface area contributed by atoms with E-state index in [0.29, 0.717) is 18.5 Å². The van der Waals surface area contributed by atoms with Crippen LogP contribution in [-0.2, 0) is 16.3 Å². The van der Waals surface area contributed by atoms with Gasteiger partial charge in [-0.3, -0.25) is 0 Å². The van der Waals surface area contributed by atoms with Gasteiger partial charge in [-0.15, -0.1) is 0 Å². The molecule has 0 aliphatic carbocycles. The zero-order valence-corrected chi connectivity index (χ0v) is 12.0. The highest BCUT2D eigenvalue weighted by Crippen LogP contribution is 2.30. The molecule has 1 saturated heterocycles. The van der Waals surface area contributed by atoms with Crippen molar-refractivity contribution in [2.24, 2.45) is 0 Å². The number of halogens is 1. The highest BCUT2D eigenvalue weighted by molar-refractivity contribution is 7.91. The molecule has 1 atom stereocenters. The first-order valence-corrected chi connectivity index (χ1v) is 8.26. The molecule has 6 nitrogen and oxygen atoms in total. The predicted molar refractivity (Wildman–Crippen MR) is 70.5 cm³/mol. The minimum atomic E-state index is -3.06. The Morgan fingerprint density at radius 2 is 2.26 bits per heavy atom. The maximum Gasteiger partial charge on any atom is 0.340 e. The maximum atomic E-state index is 11.5. The number of carboxylic acid groups (broad SMARTS) is 1. The van der Waals surface area contributed by atoms with Crippen molar-refractivity contribution in [2.75, 3.05) is 11.5 Å². The van der Waals surface area contributed by atoms with Crippen molar-refractivity contribution in [1.82, 2.24) is 9.78 Å². The van der Waals surface area contributed by atoms with E-state index >= 15 is 0 Å². The standard InChI is InChI=1S/C11H15ClN2O4S/c1-2-3-8-9(11(15)16)10(12)14(13-8)7-4-5-19(17,18)6-7/h7H,2-6H2,1H3,(H,15,16). The third-order valence-corrected chi connectivity index (χ3v) is 5.29. The second kappa shape index (κ2) is 5.13. The summed E-state index contributed by atoms with van der Waals surface area (Å²) in [6, 6.07) is -0.360. The van der Waals surface area contributed by atoms with E-state index in [-0.39, 0.29) is 28.3 Å². The first-order chi connectivity index (χ1) is 8.85. The normalized spacial score (nSPS) is 21.7. The zero-order chi connectivity index (χ0) is 14.2. The molecule has 0 aromatic carbocycles. The summed E-state index contributed by atoms with van der Waals surface area (Å²) in [5.41, 5.74) is 0.414. The number of carboxylic acids is 1.